The number of esters is 1. The summed E-state index contributed by atoms with van der Waals surface area (Å²) < 4.78 is 18.7. The maximum Gasteiger partial charge on any atom is 0.343 e. The van der Waals surface area contributed by atoms with Crippen molar-refractivity contribution in [3.8, 4) is 0 Å². The number of halogens is 3. The first-order chi connectivity index (χ1) is 12.9. The minimum absolute atomic E-state index is 0.0501. The van der Waals surface area contributed by atoms with Crippen molar-refractivity contribution in [3.05, 3.63) is 81.2 Å². The van der Waals surface area contributed by atoms with Gasteiger partial charge in [-0.05, 0) is 31.0 Å². The van der Waals surface area contributed by atoms with Crippen LogP contribution in [0.3, 0.4) is 0 Å². The van der Waals surface area contributed by atoms with E-state index in [0.717, 1.165) is 17.7 Å². The Morgan fingerprint density at radius 1 is 1.15 bits per heavy atom. The molecule has 0 aliphatic heterocycles. The molecule has 0 bridgehead atoms. The fourth-order valence-corrected chi connectivity index (χ4v) is 2.77. The van der Waals surface area contributed by atoms with Gasteiger partial charge in [0, 0.05) is 18.3 Å². The molecule has 2 aromatic rings. The standard InChI is InChI=1S/C20H18Cl2FNO3/c1-2-27-20(26)15(12-24-9-8-13-6-4-3-5-7-13)19(25)14-10-18(23)17(22)11-16(14)21/h3-7,10-12,24H,2,8-9H2,1H3. The van der Waals surface area contributed by atoms with Crippen molar-refractivity contribution in [2.45, 2.75) is 13.3 Å². The van der Waals surface area contributed by atoms with E-state index in [4.69, 9.17) is 27.9 Å². The van der Waals surface area contributed by atoms with Crippen LogP contribution in [0.2, 0.25) is 10.0 Å². The third-order valence-electron chi connectivity index (χ3n) is 3.64. The normalized spacial score (nSPS) is 11.2. The molecule has 0 aliphatic rings. The SMILES string of the molecule is CCOC(=O)C(=CNCCc1ccccc1)C(=O)c1cc(F)c(Cl)cc1Cl. The highest BCUT2D eigenvalue weighted by Gasteiger charge is 2.24. The summed E-state index contributed by atoms with van der Waals surface area (Å²) in [5.74, 6) is -2.37. The van der Waals surface area contributed by atoms with E-state index < -0.39 is 17.6 Å². The van der Waals surface area contributed by atoms with Gasteiger partial charge in [0.25, 0.3) is 0 Å². The molecule has 1 N–H and O–H groups in total. The van der Waals surface area contributed by atoms with Crippen LogP contribution in [0.1, 0.15) is 22.8 Å². The predicted molar refractivity (Wildman–Crippen MR) is 104 cm³/mol. The van der Waals surface area contributed by atoms with Crippen LogP contribution in [0.25, 0.3) is 0 Å². The highest BCUT2D eigenvalue weighted by atomic mass is 35.5. The Labute approximate surface area is 166 Å². The van der Waals surface area contributed by atoms with Gasteiger partial charge in [-0.25, -0.2) is 9.18 Å². The molecule has 0 atom stereocenters. The zero-order valence-electron chi connectivity index (χ0n) is 14.6. The zero-order valence-corrected chi connectivity index (χ0v) is 16.1. The molecule has 0 aliphatic carbocycles. The van der Waals surface area contributed by atoms with Crippen molar-refractivity contribution in [1.82, 2.24) is 5.32 Å². The van der Waals surface area contributed by atoms with Crippen LogP contribution in [0.5, 0.6) is 0 Å². The molecule has 0 fully saturated rings. The van der Waals surface area contributed by atoms with Gasteiger partial charge in [-0.2, -0.15) is 0 Å². The van der Waals surface area contributed by atoms with Crippen LogP contribution < -0.4 is 5.32 Å². The van der Waals surface area contributed by atoms with Gasteiger partial charge in [0.2, 0.25) is 5.78 Å². The molecule has 0 amide bonds. The number of hydrogen-bond acceptors (Lipinski definition) is 4. The molecule has 0 spiro atoms. The monoisotopic (exact) mass is 409 g/mol. The summed E-state index contributed by atoms with van der Waals surface area (Å²) in [6.07, 6.45) is 1.96. The average molecular weight is 410 g/mol. The van der Waals surface area contributed by atoms with Gasteiger partial charge in [-0.1, -0.05) is 53.5 Å². The summed E-state index contributed by atoms with van der Waals surface area (Å²) in [5, 5.41) is 2.66. The first-order valence-electron chi connectivity index (χ1n) is 8.27. The number of ether oxygens (including phenoxy) is 1. The molecule has 0 radical (unpaired) electrons. The van der Waals surface area contributed by atoms with Crippen LogP contribution in [-0.2, 0) is 16.0 Å². The molecule has 0 heterocycles. The predicted octanol–water partition coefficient (Wildman–Crippen LogP) is 4.59. The highest BCUT2D eigenvalue weighted by Crippen LogP contribution is 2.26. The topological polar surface area (TPSA) is 55.4 Å². The summed E-state index contributed by atoms with van der Waals surface area (Å²) in [6, 6.07) is 11.7. The van der Waals surface area contributed by atoms with Gasteiger partial charge in [-0.3, -0.25) is 4.79 Å². The number of ketones is 1. The number of nitrogens with one attached hydrogen (secondary N) is 1. The molecule has 0 saturated carbocycles. The molecular weight excluding hydrogens is 392 g/mol. The van der Waals surface area contributed by atoms with Crippen molar-refractivity contribution in [2.24, 2.45) is 0 Å². The van der Waals surface area contributed by atoms with E-state index in [2.05, 4.69) is 5.32 Å². The maximum atomic E-state index is 13.7. The van der Waals surface area contributed by atoms with Crippen molar-refractivity contribution in [1.29, 1.82) is 0 Å². The molecule has 0 aromatic heterocycles. The van der Waals surface area contributed by atoms with Crippen LogP contribution in [0.15, 0.2) is 54.2 Å². The molecule has 0 saturated heterocycles. The number of carbonyl (C=O) groups is 2. The lowest BCUT2D eigenvalue weighted by Crippen LogP contribution is -2.21. The van der Waals surface area contributed by atoms with E-state index in [-0.39, 0.29) is 27.8 Å². The molecule has 2 rings (SSSR count). The van der Waals surface area contributed by atoms with Crippen molar-refractivity contribution in [2.75, 3.05) is 13.2 Å². The highest BCUT2D eigenvalue weighted by molar-refractivity contribution is 6.39. The second kappa shape index (κ2) is 10.1. The Morgan fingerprint density at radius 2 is 1.85 bits per heavy atom. The van der Waals surface area contributed by atoms with Gasteiger partial charge in [0.1, 0.15) is 11.4 Å². The fourth-order valence-electron chi connectivity index (χ4n) is 2.30. The number of hydrogen-bond donors (Lipinski definition) is 1. The Bertz CT molecular complexity index is 854. The summed E-state index contributed by atoms with van der Waals surface area (Å²) in [6.45, 7) is 2.21. The second-order valence-corrected chi connectivity index (χ2v) is 6.36. The van der Waals surface area contributed by atoms with E-state index >= 15 is 0 Å². The Hall–Kier alpha value is -2.37. The first kappa shape index (κ1) is 20.9. The Kier molecular flexibility index (Phi) is 7.82. The number of carbonyl (C=O) groups excluding carboxylic acids is 2. The third-order valence-corrected chi connectivity index (χ3v) is 4.24. The molecule has 27 heavy (non-hydrogen) atoms. The summed E-state index contributed by atoms with van der Waals surface area (Å²) in [5.41, 5.74) is 0.668. The number of Topliss-reactive ketones (excluding diaryl/α,β-unsaturated/α-hetero) is 1. The lowest BCUT2D eigenvalue weighted by atomic mass is 10.0. The van der Waals surface area contributed by atoms with Crippen LogP contribution in [0, 0.1) is 5.82 Å². The van der Waals surface area contributed by atoms with E-state index in [1.165, 1.54) is 6.20 Å². The average Bonchev–Trinajstić information content (AvgIpc) is 2.65. The smallest absolute Gasteiger partial charge is 0.343 e. The Balaban J connectivity index is 2.19. The Morgan fingerprint density at radius 3 is 2.52 bits per heavy atom. The molecular formula is C20H18Cl2FNO3. The van der Waals surface area contributed by atoms with Gasteiger partial charge in [0.15, 0.2) is 0 Å². The van der Waals surface area contributed by atoms with Crippen molar-refractivity contribution < 1.29 is 18.7 Å². The van der Waals surface area contributed by atoms with Crippen LogP contribution in [-0.4, -0.2) is 24.9 Å². The van der Waals surface area contributed by atoms with E-state index in [0.29, 0.717) is 13.0 Å². The van der Waals surface area contributed by atoms with Gasteiger partial charge in [0.05, 0.1) is 16.7 Å². The van der Waals surface area contributed by atoms with E-state index in [9.17, 15) is 14.0 Å². The van der Waals surface area contributed by atoms with Gasteiger partial charge in [-0.15, -0.1) is 0 Å². The number of benzene rings is 2. The second-order valence-electron chi connectivity index (χ2n) is 5.54. The molecule has 0 unspecified atom stereocenters. The minimum Gasteiger partial charge on any atom is -0.462 e. The molecule has 7 heteroatoms. The van der Waals surface area contributed by atoms with Crippen LogP contribution in [0.4, 0.5) is 4.39 Å². The maximum absolute atomic E-state index is 13.7. The molecule has 4 nitrogen and oxygen atoms in total. The van der Waals surface area contributed by atoms with Crippen molar-refractivity contribution in [3.63, 3.8) is 0 Å². The third kappa shape index (κ3) is 5.81. The lowest BCUT2D eigenvalue weighted by molar-refractivity contribution is -0.138. The summed E-state index contributed by atoms with van der Waals surface area (Å²) in [7, 11) is 0. The molecule has 142 valence electrons. The van der Waals surface area contributed by atoms with Crippen molar-refractivity contribution >= 4 is 35.0 Å². The quantitative estimate of drug-likeness (QED) is 0.132. The van der Waals surface area contributed by atoms with E-state index in [1.807, 2.05) is 30.3 Å². The van der Waals surface area contributed by atoms with E-state index in [1.54, 1.807) is 6.92 Å². The lowest BCUT2D eigenvalue weighted by Gasteiger charge is -2.10. The zero-order chi connectivity index (χ0) is 19.8. The largest absolute Gasteiger partial charge is 0.462 e. The summed E-state index contributed by atoms with van der Waals surface area (Å²) >= 11 is 11.6. The fraction of sp³-hybridized carbons (Fsp3) is 0.200. The number of rotatable bonds is 8. The van der Waals surface area contributed by atoms with Crippen LogP contribution >= 0.6 is 23.2 Å². The molecule has 2 aromatic carbocycles. The minimum atomic E-state index is -0.818. The van der Waals surface area contributed by atoms with Gasteiger partial charge >= 0.3 is 5.97 Å². The van der Waals surface area contributed by atoms with Gasteiger partial charge < -0.3 is 10.1 Å². The first-order valence-corrected chi connectivity index (χ1v) is 9.03. The summed E-state index contributed by atoms with van der Waals surface area (Å²) in [4.78, 5) is 24.9.